The molecule has 0 aliphatic carbocycles. The quantitative estimate of drug-likeness (QED) is 0.431. The van der Waals surface area contributed by atoms with Gasteiger partial charge in [-0.2, -0.15) is 0 Å². The summed E-state index contributed by atoms with van der Waals surface area (Å²) in [6.07, 6.45) is -3.64. The van der Waals surface area contributed by atoms with Gasteiger partial charge in [-0.25, -0.2) is 4.79 Å². The molecule has 2 aliphatic rings. The van der Waals surface area contributed by atoms with Crippen LogP contribution in [0.2, 0.25) is 0 Å². The van der Waals surface area contributed by atoms with Gasteiger partial charge in [-0.15, -0.1) is 11.8 Å². The molecule has 2 fully saturated rings. The number of hydrogen-bond acceptors (Lipinski definition) is 10. The van der Waals surface area contributed by atoms with Gasteiger partial charge in [-0.05, 0) is 13.8 Å². The Labute approximate surface area is 172 Å². The van der Waals surface area contributed by atoms with Gasteiger partial charge in [0.1, 0.15) is 18.0 Å². The highest BCUT2D eigenvalue weighted by molar-refractivity contribution is 8.01. The molecule has 0 aromatic rings. The van der Waals surface area contributed by atoms with Crippen LogP contribution in [0.25, 0.3) is 0 Å². The normalized spacial score (nSPS) is 26.8. The summed E-state index contributed by atoms with van der Waals surface area (Å²) in [6.45, 7) is 8.00. The smallest absolute Gasteiger partial charge is 0.330 e. The highest BCUT2D eigenvalue weighted by atomic mass is 32.2. The molecule has 0 aromatic heterocycles. The third-order valence-corrected chi connectivity index (χ3v) is 6.08. The van der Waals surface area contributed by atoms with Gasteiger partial charge in [0.25, 0.3) is 0 Å². The number of carbonyl (C=O) groups excluding carboxylic acids is 5. The molecule has 10 nitrogen and oxygen atoms in total. The number of esters is 4. The van der Waals surface area contributed by atoms with Crippen molar-refractivity contribution in [2.45, 2.75) is 76.0 Å². The van der Waals surface area contributed by atoms with Crippen molar-refractivity contribution in [1.29, 1.82) is 0 Å². The summed E-state index contributed by atoms with van der Waals surface area (Å²) in [5.74, 6) is -3.05. The van der Waals surface area contributed by atoms with E-state index in [0.717, 1.165) is 13.8 Å². The first-order valence-electron chi connectivity index (χ1n) is 9.00. The van der Waals surface area contributed by atoms with Crippen LogP contribution < -0.4 is 0 Å². The van der Waals surface area contributed by atoms with Crippen molar-refractivity contribution in [2.24, 2.45) is 0 Å². The average Bonchev–Trinajstić information content (AvgIpc) is 2.80. The second kappa shape index (κ2) is 8.60. The predicted octanol–water partition coefficient (Wildman–Crippen LogP) is 0.407. The van der Waals surface area contributed by atoms with E-state index < -0.39 is 65.0 Å². The molecule has 0 spiro atoms. The van der Waals surface area contributed by atoms with Gasteiger partial charge in [0.05, 0.1) is 0 Å². The summed E-state index contributed by atoms with van der Waals surface area (Å²) in [7, 11) is 0. The molecule has 11 heteroatoms. The summed E-state index contributed by atoms with van der Waals surface area (Å²) >= 11 is 1.32. The fraction of sp³-hybridized carbons (Fsp3) is 0.722. The molecule has 0 unspecified atom stereocenters. The first-order valence-corrected chi connectivity index (χ1v) is 9.88. The van der Waals surface area contributed by atoms with Crippen molar-refractivity contribution in [3.63, 3.8) is 0 Å². The van der Waals surface area contributed by atoms with Gasteiger partial charge < -0.3 is 23.8 Å². The number of rotatable bonds is 6. The van der Waals surface area contributed by atoms with Crippen LogP contribution in [0.15, 0.2) is 0 Å². The lowest BCUT2D eigenvalue weighted by molar-refractivity contribution is -0.203. The van der Waals surface area contributed by atoms with Crippen LogP contribution in [0.3, 0.4) is 0 Å². The minimum atomic E-state index is -1.28. The maximum absolute atomic E-state index is 12.7. The number of thioether (sulfide) groups is 1. The average molecular weight is 431 g/mol. The van der Waals surface area contributed by atoms with E-state index in [-0.39, 0.29) is 5.91 Å². The van der Waals surface area contributed by atoms with E-state index in [1.54, 1.807) is 0 Å². The minimum Gasteiger partial charge on any atom is -0.462 e. The zero-order valence-corrected chi connectivity index (χ0v) is 17.9. The SMILES string of the molecule is CC(=O)OC[C@@H](OC(C)=O)[C@@H](OC(C)=O)[C@H]1OC(=O)[C@H]2N(C(C)=O)[C@H]1SC2(C)C. The first-order chi connectivity index (χ1) is 13.3. The summed E-state index contributed by atoms with van der Waals surface area (Å²) in [4.78, 5) is 61.0. The number of hydrogen-bond donors (Lipinski definition) is 0. The molecule has 5 atom stereocenters. The molecule has 0 N–H and O–H groups in total. The molecule has 2 aliphatic heterocycles. The molecule has 162 valence electrons. The second-order valence-corrected chi connectivity index (χ2v) is 9.14. The van der Waals surface area contributed by atoms with Gasteiger partial charge in [0.2, 0.25) is 5.91 Å². The van der Waals surface area contributed by atoms with Crippen molar-refractivity contribution in [2.75, 3.05) is 6.61 Å². The van der Waals surface area contributed by atoms with Crippen LogP contribution in [-0.4, -0.2) is 75.8 Å². The standard InChI is InChI=1S/C18H25NO9S/c1-8(20)19-15-17(24)28-14(16(19)29-18(15,5)6)13(27-11(4)23)12(26-10(3)22)7-25-9(2)21/h12-16H,7H2,1-6H3/t12-,13-,14-,15-,16+/m1/s1. The van der Waals surface area contributed by atoms with Gasteiger partial charge >= 0.3 is 23.9 Å². The van der Waals surface area contributed by atoms with Gasteiger partial charge in [-0.1, -0.05) is 0 Å². The fourth-order valence-corrected chi connectivity index (χ4v) is 5.23. The van der Waals surface area contributed by atoms with E-state index in [1.807, 2.05) is 13.8 Å². The van der Waals surface area contributed by atoms with E-state index in [1.165, 1.54) is 30.5 Å². The molecular formula is C18H25NO9S. The zero-order valence-electron chi connectivity index (χ0n) is 17.1. The number of nitrogens with zero attached hydrogens (tertiary/aromatic N) is 1. The lowest BCUT2D eigenvalue weighted by Gasteiger charge is -2.42. The summed E-state index contributed by atoms with van der Waals surface area (Å²) < 4.78 is 20.4. The Morgan fingerprint density at radius 3 is 2.14 bits per heavy atom. The van der Waals surface area contributed by atoms with Crippen molar-refractivity contribution in [3.8, 4) is 0 Å². The monoisotopic (exact) mass is 431 g/mol. The number of carbonyl (C=O) groups is 5. The Hall–Kier alpha value is -2.30. The highest BCUT2D eigenvalue weighted by Gasteiger charge is 2.62. The molecule has 2 rings (SSSR count). The van der Waals surface area contributed by atoms with Crippen LogP contribution in [0, 0.1) is 0 Å². The van der Waals surface area contributed by atoms with Crippen molar-refractivity contribution in [3.05, 3.63) is 0 Å². The van der Waals surface area contributed by atoms with Crippen molar-refractivity contribution in [1.82, 2.24) is 4.90 Å². The Balaban J connectivity index is 2.45. The lowest BCUT2D eigenvalue weighted by atomic mass is 9.97. The van der Waals surface area contributed by atoms with Crippen molar-refractivity contribution < 1.29 is 42.9 Å². The van der Waals surface area contributed by atoms with E-state index in [9.17, 15) is 24.0 Å². The van der Waals surface area contributed by atoms with Crippen LogP contribution in [-0.2, 0) is 42.9 Å². The Morgan fingerprint density at radius 2 is 1.66 bits per heavy atom. The maximum Gasteiger partial charge on any atom is 0.330 e. The van der Waals surface area contributed by atoms with Gasteiger partial charge in [-0.3, -0.25) is 19.2 Å². The highest BCUT2D eigenvalue weighted by Crippen LogP contribution is 2.50. The summed E-state index contributed by atoms with van der Waals surface area (Å²) in [6, 6.07) is -0.801. The van der Waals surface area contributed by atoms with Crippen molar-refractivity contribution >= 4 is 41.5 Å². The number of cyclic esters (lactones) is 1. The number of fused-ring (bicyclic) bond motifs is 2. The molecule has 2 saturated heterocycles. The first kappa shape index (κ1) is 23.0. The second-order valence-electron chi connectivity index (χ2n) is 7.37. The predicted molar refractivity (Wildman–Crippen MR) is 99.4 cm³/mol. The molecule has 0 radical (unpaired) electrons. The van der Waals surface area contributed by atoms with Crippen LogP contribution >= 0.6 is 11.8 Å². The Morgan fingerprint density at radius 1 is 1.07 bits per heavy atom. The van der Waals surface area contributed by atoms with E-state index in [2.05, 4.69) is 0 Å². The molecule has 2 bridgehead atoms. The Kier molecular flexibility index (Phi) is 6.82. The zero-order chi connectivity index (χ0) is 22.1. The number of amides is 1. The molecule has 29 heavy (non-hydrogen) atoms. The van der Waals surface area contributed by atoms with Gasteiger partial charge in [0.15, 0.2) is 18.3 Å². The van der Waals surface area contributed by atoms with Crippen LogP contribution in [0.1, 0.15) is 41.5 Å². The third-order valence-electron chi connectivity index (χ3n) is 4.52. The minimum absolute atomic E-state index is 0.342. The molecule has 2 heterocycles. The van der Waals surface area contributed by atoms with Crippen LogP contribution in [0.4, 0.5) is 0 Å². The largest absolute Gasteiger partial charge is 0.462 e. The Bertz CT molecular complexity index is 722. The number of ether oxygens (including phenoxy) is 4. The van der Waals surface area contributed by atoms with E-state index >= 15 is 0 Å². The summed E-state index contributed by atoms with van der Waals surface area (Å²) in [5, 5.41) is -0.676. The van der Waals surface area contributed by atoms with Gasteiger partial charge in [0, 0.05) is 32.4 Å². The van der Waals surface area contributed by atoms with Crippen LogP contribution in [0.5, 0.6) is 0 Å². The van der Waals surface area contributed by atoms with E-state index in [0.29, 0.717) is 0 Å². The molecule has 0 aromatic carbocycles. The topological polar surface area (TPSA) is 126 Å². The lowest BCUT2D eigenvalue weighted by Crippen LogP contribution is -2.63. The molecular weight excluding hydrogens is 406 g/mol. The molecule has 1 amide bonds. The number of morpholine rings is 1. The molecule has 0 saturated carbocycles. The summed E-state index contributed by atoms with van der Waals surface area (Å²) in [5.41, 5.74) is 0. The maximum atomic E-state index is 12.7. The van der Waals surface area contributed by atoms with E-state index in [4.69, 9.17) is 18.9 Å². The fourth-order valence-electron chi connectivity index (χ4n) is 3.54. The third kappa shape index (κ3) is 5.01.